The van der Waals surface area contributed by atoms with E-state index in [4.69, 9.17) is 4.74 Å². The second kappa shape index (κ2) is 14.8. The fourth-order valence-electron chi connectivity index (χ4n) is 3.77. The highest BCUT2D eigenvalue weighted by atomic mass is 19.4. The number of Topliss-reactive ketones (excluding diaryl/α,β-unsaturated/α-hetero) is 1. The van der Waals surface area contributed by atoms with Crippen LogP contribution in [0.1, 0.15) is 64.2 Å². The number of likely N-dealkylation sites (N-methyl/N-ethyl adjacent to an activating group) is 1. The Balaban J connectivity index is 4.59. The largest absolute Gasteiger partial charge is 0.550 e. The zero-order chi connectivity index (χ0) is 33.4. The maximum atomic E-state index is 13.8. The van der Waals surface area contributed by atoms with Crippen molar-refractivity contribution >= 4 is 11.8 Å². The molecule has 0 amide bonds. The van der Waals surface area contributed by atoms with Crippen molar-refractivity contribution in [2.45, 2.75) is 106 Å². The van der Waals surface area contributed by atoms with Gasteiger partial charge in [0, 0.05) is 25.2 Å². The summed E-state index contributed by atoms with van der Waals surface area (Å²) in [5.74, 6) is -38.3. The van der Waals surface area contributed by atoms with Crippen LogP contribution in [0.15, 0.2) is 0 Å². The van der Waals surface area contributed by atoms with Gasteiger partial charge in [-0.25, -0.2) is 0 Å². The zero-order valence-electron chi connectivity index (χ0n) is 23.1. The van der Waals surface area contributed by atoms with Crippen molar-refractivity contribution in [1.29, 1.82) is 0 Å². The average molecular weight is 648 g/mol. The predicted octanol–water partition coefficient (Wildman–Crippen LogP) is 6.04. The number of carbonyl (C=O) groups excluding carboxylic acids is 2. The number of carboxylic acid groups (broad SMARTS) is 1. The average Bonchev–Trinajstić information content (AvgIpc) is 2.78. The van der Waals surface area contributed by atoms with Crippen molar-refractivity contribution in [2.75, 3.05) is 34.3 Å². The van der Waals surface area contributed by atoms with Gasteiger partial charge in [-0.15, -0.1) is 0 Å². The number of nitrogens with zero attached hydrogens (tertiary/aromatic N) is 1. The molecule has 250 valence electrons. The van der Waals surface area contributed by atoms with Crippen LogP contribution >= 0.6 is 0 Å². The maximum Gasteiger partial charge on any atom is 0.460 e. The van der Waals surface area contributed by atoms with E-state index in [0.29, 0.717) is 30.3 Å². The lowest BCUT2D eigenvalue weighted by molar-refractivity contribution is -0.873. The molecule has 0 fully saturated rings. The van der Waals surface area contributed by atoms with E-state index in [1.54, 1.807) is 21.1 Å². The Bertz CT molecular complexity index is 871. The van der Waals surface area contributed by atoms with Crippen LogP contribution in [0.2, 0.25) is 0 Å². The summed E-state index contributed by atoms with van der Waals surface area (Å²) in [7, 11) is 5.38. The van der Waals surface area contributed by atoms with E-state index in [1.165, 1.54) is 0 Å². The summed E-state index contributed by atoms with van der Waals surface area (Å²) in [6.07, 6.45) is -10.4. The Morgan fingerprint density at radius 1 is 0.667 bits per heavy atom. The highest BCUT2D eigenvalue weighted by Gasteiger charge is 2.90. The summed E-state index contributed by atoms with van der Waals surface area (Å²) in [4.78, 5) is 22.8. The number of carbonyl (C=O) groups is 2. The first-order valence-electron chi connectivity index (χ1n) is 12.7. The second-order valence-electron chi connectivity index (χ2n) is 11.0. The molecule has 0 heterocycles. The number of ether oxygens (including phenoxy) is 1. The van der Waals surface area contributed by atoms with Gasteiger partial charge in [0.2, 0.25) is 0 Å². The van der Waals surface area contributed by atoms with E-state index in [9.17, 15) is 71.8 Å². The van der Waals surface area contributed by atoms with Crippen LogP contribution in [0, 0.1) is 0 Å². The number of unbranched alkanes of at least 4 members (excludes halogenated alkanes) is 6. The topological polar surface area (TPSA) is 66.4 Å². The first-order valence-corrected chi connectivity index (χ1v) is 12.7. The molecule has 1 unspecified atom stereocenters. The van der Waals surface area contributed by atoms with Crippen molar-refractivity contribution in [2.24, 2.45) is 0 Å². The third-order valence-corrected chi connectivity index (χ3v) is 6.07. The SMILES string of the molecule is C[N+](C)(C)CC(CC(=O)[O-])OCC(=O)CCCCCCCCCC(F)(F)C(F)(F)C(F)(F)C(F)(F)C(F)(F)C(F)(F)F. The molecule has 0 aromatic heterocycles. The molecule has 0 saturated heterocycles. The number of hydrogen-bond donors (Lipinski definition) is 0. The molecular formula is C24H34F13NO4. The summed E-state index contributed by atoms with van der Waals surface area (Å²) < 4.78 is 176. The van der Waals surface area contributed by atoms with Crippen LogP contribution in [0.25, 0.3) is 0 Å². The van der Waals surface area contributed by atoms with Crippen LogP contribution in [-0.2, 0) is 14.3 Å². The van der Waals surface area contributed by atoms with E-state index in [-0.39, 0.29) is 38.1 Å². The summed E-state index contributed by atoms with van der Waals surface area (Å²) in [6, 6.07) is 0. The van der Waals surface area contributed by atoms with Gasteiger partial charge in [-0.3, -0.25) is 4.79 Å². The van der Waals surface area contributed by atoms with Gasteiger partial charge in [0.1, 0.15) is 19.3 Å². The van der Waals surface area contributed by atoms with Crippen LogP contribution < -0.4 is 5.11 Å². The zero-order valence-corrected chi connectivity index (χ0v) is 23.1. The fourth-order valence-corrected chi connectivity index (χ4v) is 3.77. The lowest BCUT2D eigenvalue weighted by Crippen LogP contribution is -2.70. The molecule has 1 atom stereocenters. The Hall–Kier alpha value is -1.85. The molecule has 0 aliphatic rings. The molecule has 0 radical (unpaired) electrons. The molecule has 18 heteroatoms. The van der Waals surface area contributed by atoms with Crippen LogP contribution in [0.5, 0.6) is 0 Å². The van der Waals surface area contributed by atoms with Gasteiger partial charge in [0.25, 0.3) is 0 Å². The minimum absolute atomic E-state index is 0.0629. The number of rotatable bonds is 21. The number of quaternary nitrogens is 1. The molecule has 0 bridgehead atoms. The third kappa shape index (κ3) is 10.7. The molecule has 0 rings (SSSR count). The molecule has 0 aromatic carbocycles. The van der Waals surface area contributed by atoms with E-state index >= 15 is 0 Å². The number of alkyl halides is 13. The lowest BCUT2D eigenvalue weighted by Gasteiger charge is -2.39. The van der Waals surface area contributed by atoms with Crippen LogP contribution in [-0.4, -0.2) is 92.4 Å². The van der Waals surface area contributed by atoms with E-state index in [1.807, 2.05) is 0 Å². The fraction of sp³-hybridized carbons (Fsp3) is 0.917. The second-order valence-corrected chi connectivity index (χ2v) is 11.0. The predicted molar refractivity (Wildman–Crippen MR) is 120 cm³/mol. The Kier molecular flexibility index (Phi) is 14.1. The monoisotopic (exact) mass is 647 g/mol. The molecule has 0 N–H and O–H groups in total. The number of hydrogen-bond acceptors (Lipinski definition) is 4. The van der Waals surface area contributed by atoms with E-state index < -0.39 is 67.1 Å². The summed E-state index contributed by atoms with van der Waals surface area (Å²) in [5, 5.41) is 10.8. The van der Waals surface area contributed by atoms with Crippen molar-refractivity contribution in [3.05, 3.63) is 0 Å². The lowest BCUT2D eigenvalue weighted by atomic mass is 9.91. The maximum absolute atomic E-state index is 13.8. The molecule has 0 aliphatic heterocycles. The van der Waals surface area contributed by atoms with Gasteiger partial charge in [-0.05, 0) is 12.8 Å². The highest BCUT2D eigenvalue weighted by Crippen LogP contribution is 2.60. The van der Waals surface area contributed by atoms with Gasteiger partial charge < -0.3 is 19.1 Å². The summed E-state index contributed by atoms with van der Waals surface area (Å²) >= 11 is 0. The molecule has 5 nitrogen and oxygen atoms in total. The molecule has 0 aliphatic carbocycles. The van der Waals surface area contributed by atoms with Gasteiger partial charge >= 0.3 is 35.8 Å². The first-order chi connectivity index (χ1) is 18.6. The molecule has 0 spiro atoms. The smallest absolute Gasteiger partial charge is 0.460 e. The number of ketones is 1. The van der Waals surface area contributed by atoms with Crippen molar-refractivity contribution in [1.82, 2.24) is 0 Å². The van der Waals surface area contributed by atoms with Crippen LogP contribution in [0.3, 0.4) is 0 Å². The van der Waals surface area contributed by atoms with Crippen LogP contribution in [0.4, 0.5) is 57.1 Å². The molecule has 0 aromatic rings. The van der Waals surface area contributed by atoms with Gasteiger partial charge in [-0.1, -0.05) is 32.1 Å². The van der Waals surface area contributed by atoms with E-state index in [2.05, 4.69) is 0 Å². The number of carboxylic acids is 1. The van der Waals surface area contributed by atoms with Gasteiger partial charge in [-0.2, -0.15) is 57.1 Å². The van der Waals surface area contributed by atoms with Gasteiger partial charge in [0.15, 0.2) is 5.78 Å². The van der Waals surface area contributed by atoms with Crippen molar-refractivity contribution < 1.29 is 81.0 Å². The number of halogens is 13. The molecule has 0 saturated carbocycles. The Morgan fingerprint density at radius 3 is 1.52 bits per heavy atom. The van der Waals surface area contributed by atoms with Crippen molar-refractivity contribution in [3.8, 4) is 0 Å². The minimum atomic E-state index is -7.89. The normalized spacial score (nSPS) is 15.1. The molecular weight excluding hydrogens is 613 g/mol. The third-order valence-electron chi connectivity index (χ3n) is 6.07. The summed E-state index contributed by atoms with van der Waals surface area (Å²) in [5.41, 5.74) is 0. The Morgan fingerprint density at radius 2 is 1.10 bits per heavy atom. The molecule has 42 heavy (non-hydrogen) atoms. The highest BCUT2D eigenvalue weighted by molar-refractivity contribution is 5.79. The Labute approximate surface area is 233 Å². The standard InChI is InChI=1S/C24H34F13NO4/c1-38(2,3)14-17(13-18(40)41)42-15-16(39)11-9-7-5-4-6-8-10-12-19(25,26)20(27,28)21(29,30)22(31,32)23(33,34)24(35,36)37/h17H,4-15H2,1-3H3. The quantitative estimate of drug-likeness (QED) is 0.0867. The first kappa shape index (κ1) is 40.1. The number of aliphatic carboxylic acids is 1. The van der Waals surface area contributed by atoms with Crippen molar-refractivity contribution in [3.63, 3.8) is 0 Å². The van der Waals surface area contributed by atoms with Gasteiger partial charge in [0.05, 0.1) is 21.1 Å². The minimum Gasteiger partial charge on any atom is -0.550 e. The summed E-state index contributed by atoms with van der Waals surface area (Å²) in [6.45, 7) is -0.0383. The van der Waals surface area contributed by atoms with E-state index in [0.717, 1.165) is 0 Å².